The predicted octanol–water partition coefficient (Wildman–Crippen LogP) is 2.35. The highest BCUT2D eigenvalue weighted by molar-refractivity contribution is 7.89. The summed E-state index contributed by atoms with van der Waals surface area (Å²) in [7, 11) is -3.90. The number of anilines is 1. The minimum absolute atomic E-state index is 0.00705. The van der Waals surface area contributed by atoms with Crippen molar-refractivity contribution in [2.45, 2.75) is 62.4 Å². The Morgan fingerprint density at radius 1 is 1.08 bits per heavy atom. The Hall–Kier alpha value is -3.77. The van der Waals surface area contributed by atoms with E-state index in [1.54, 1.807) is 49.4 Å². The lowest BCUT2D eigenvalue weighted by atomic mass is 10.0. The Kier molecular flexibility index (Phi) is 10.6. The van der Waals surface area contributed by atoms with Crippen molar-refractivity contribution in [2.24, 2.45) is 0 Å². The molecule has 39 heavy (non-hydrogen) atoms. The van der Waals surface area contributed by atoms with Gasteiger partial charge in [-0.1, -0.05) is 30.3 Å². The van der Waals surface area contributed by atoms with E-state index < -0.39 is 34.0 Å². The second-order valence-corrected chi connectivity index (χ2v) is 11.3. The molecule has 1 heterocycles. The van der Waals surface area contributed by atoms with Crippen LogP contribution in [0.1, 0.15) is 44.6 Å². The largest absolute Gasteiger partial charge is 0.480 e. The standard InChI is InChI=1S/C27H35N5O6S/c1-19(28)29-16-6-5-11-25(33)30-21-14-12-20(13-15-21)18-23(27(35)36)31-26(34)24-10-7-17-32(24)39(37,38)22-8-3-2-4-9-22/h2-4,8-9,12-15,23-24H,5-7,10-11,16-18H2,1H3,(H2,28,29)(H,30,33)(H,31,34)(H,35,36)/t23?,24-/m0/s1. The van der Waals surface area contributed by atoms with Crippen molar-refractivity contribution in [3.05, 3.63) is 60.2 Å². The first kappa shape index (κ1) is 29.8. The van der Waals surface area contributed by atoms with Gasteiger partial charge in [-0.3, -0.25) is 15.0 Å². The Labute approximate surface area is 228 Å². The summed E-state index contributed by atoms with van der Waals surface area (Å²) in [6.07, 6.45) is 2.57. The summed E-state index contributed by atoms with van der Waals surface area (Å²) in [6.45, 7) is 2.48. The molecule has 1 aliphatic rings. The molecule has 3 rings (SSSR count). The monoisotopic (exact) mass is 557 g/mol. The molecule has 0 saturated carbocycles. The van der Waals surface area contributed by atoms with Crippen LogP contribution in [0.5, 0.6) is 0 Å². The fourth-order valence-corrected chi connectivity index (χ4v) is 6.03. The van der Waals surface area contributed by atoms with Crippen LogP contribution >= 0.6 is 0 Å². The van der Waals surface area contributed by atoms with Crippen molar-refractivity contribution < 1.29 is 27.9 Å². The number of carboxylic acids is 1. The third-order valence-corrected chi connectivity index (χ3v) is 8.29. The van der Waals surface area contributed by atoms with Gasteiger partial charge in [0, 0.05) is 31.6 Å². The molecule has 2 aromatic carbocycles. The molecular formula is C27H35N5O6S. The van der Waals surface area contributed by atoms with Crippen LogP contribution < -0.4 is 16.0 Å². The average Bonchev–Trinajstić information content (AvgIpc) is 3.41. The third kappa shape index (κ3) is 8.62. The van der Waals surface area contributed by atoms with Crippen LogP contribution in [-0.2, 0) is 30.8 Å². The number of aliphatic carboxylic acids is 1. The van der Waals surface area contributed by atoms with Crippen LogP contribution in [0.4, 0.5) is 5.69 Å². The zero-order chi connectivity index (χ0) is 28.4. The Bertz CT molecular complexity index is 1270. The van der Waals surface area contributed by atoms with Crippen LogP contribution in [-0.4, -0.2) is 66.6 Å². The summed E-state index contributed by atoms with van der Waals surface area (Å²) < 4.78 is 27.3. The highest BCUT2D eigenvalue weighted by Gasteiger charge is 2.40. The zero-order valence-corrected chi connectivity index (χ0v) is 22.7. The number of carbonyl (C=O) groups is 3. The predicted molar refractivity (Wildman–Crippen MR) is 147 cm³/mol. The first-order chi connectivity index (χ1) is 18.6. The minimum Gasteiger partial charge on any atom is -0.480 e. The molecule has 2 aromatic rings. The normalized spacial score (nSPS) is 16.3. The van der Waals surface area contributed by atoms with Crippen LogP contribution in [0.2, 0.25) is 0 Å². The number of hydrogen-bond acceptors (Lipinski definition) is 6. The van der Waals surface area contributed by atoms with Crippen LogP contribution in [0.15, 0.2) is 59.5 Å². The molecule has 1 saturated heterocycles. The Morgan fingerprint density at radius 3 is 2.41 bits per heavy atom. The molecule has 12 heteroatoms. The molecule has 0 spiro atoms. The van der Waals surface area contributed by atoms with Crippen LogP contribution in [0.25, 0.3) is 0 Å². The van der Waals surface area contributed by atoms with Gasteiger partial charge in [0.2, 0.25) is 21.8 Å². The molecule has 0 radical (unpaired) electrons. The number of amidine groups is 1. The van der Waals surface area contributed by atoms with E-state index in [1.807, 2.05) is 0 Å². The number of benzene rings is 2. The molecule has 11 nitrogen and oxygen atoms in total. The first-order valence-electron chi connectivity index (χ1n) is 12.9. The van der Waals surface area contributed by atoms with Gasteiger partial charge in [0.15, 0.2) is 0 Å². The van der Waals surface area contributed by atoms with Gasteiger partial charge in [-0.15, -0.1) is 0 Å². The van der Waals surface area contributed by atoms with Crippen molar-refractivity contribution in [3.8, 4) is 0 Å². The lowest BCUT2D eigenvalue weighted by Gasteiger charge is -2.25. The van der Waals surface area contributed by atoms with Crippen molar-refractivity contribution in [2.75, 3.05) is 18.4 Å². The number of unbranched alkanes of at least 4 members (excludes halogenated alkanes) is 1. The van der Waals surface area contributed by atoms with Crippen LogP contribution in [0, 0.1) is 5.41 Å². The second kappa shape index (κ2) is 13.9. The van der Waals surface area contributed by atoms with Gasteiger partial charge >= 0.3 is 5.97 Å². The molecule has 1 fully saturated rings. The van der Waals surface area contributed by atoms with Crippen molar-refractivity contribution in [1.82, 2.24) is 14.9 Å². The smallest absolute Gasteiger partial charge is 0.326 e. The van der Waals surface area contributed by atoms with E-state index in [1.165, 1.54) is 12.1 Å². The Balaban J connectivity index is 1.55. The first-order valence-corrected chi connectivity index (χ1v) is 14.3. The molecule has 2 amide bonds. The maximum absolute atomic E-state index is 13.1. The molecule has 0 aliphatic carbocycles. The van der Waals surface area contributed by atoms with E-state index in [2.05, 4.69) is 16.0 Å². The SMILES string of the molecule is CC(=N)NCCCCC(=O)Nc1ccc(CC(NC(=O)[C@@H]2CCCN2S(=O)(=O)c2ccccc2)C(=O)O)cc1. The molecule has 0 aromatic heterocycles. The number of nitrogens with one attached hydrogen (secondary N) is 4. The van der Waals surface area contributed by atoms with Gasteiger partial charge in [0.25, 0.3) is 0 Å². The highest BCUT2D eigenvalue weighted by atomic mass is 32.2. The summed E-state index contributed by atoms with van der Waals surface area (Å²) in [5.41, 5.74) is 1.20. The highest BCUT2D eigenvalue weighted by Crippen LogP contribution is 2.26. The molecule has 1 aliphatic heterocycles. The van der Waals surface area contributed by atoms with Gasteiger partial charge in [0.1, 0.15) is 12.1 Å². The number of amides is 2. The number of carboxylic acid groups (broad SMARTS) is 1. The quantitative estimate of drug-likeness (QED) is 0.143. The molecular weight excluding hydrogens is 522 g/mol. The average molecular weight is 558 g/mol. The Morgan fingerprint density at radius 2 is 1.77 bits per heavy atom. The number of hydrogen-bond donors (Lipinski definition) is 5. The number of carbonyl (C=O) groups excluding carboxylic acids is 2. The van der Waals surface area contributed by atoms with E-state index in [0.717, 1.165) is 10.7 Å². The van der Waals surface area contributed by atoms with Gasteiger partial charge in [-0.05, 0) is 62.4 Å². The van der Waals surface area contributed by atoms with Crippen molar-refractivity contribution in [3.63, 3.8) is 0 Å². The maximum atomic E-state index is 13.1. The second-order valence-electron chi connectivity index (χ2n) is 9.44. The molecule has 1 unspecified atom stereocenters. The lowest BCUT2D eigenvalue weighted by Crippen LogP contribution is -2.51. The molecule has 5 N–H and O–H groups in total. The number of rotatable bonds is 13. The number of sulfonamides is 1. The van der Waals surface area contributed by atoms with Gasteiger partial charge < -0.3 is 21.1 Å². The fraction of sp³-hybridized carbons (Fsp3) is 0.407. The summed E-state index contributed by atoms with van der Waals surface area (Å²) in [5.74, 6) is -1.63. The summed E-state index contributed by atoms with van der Waals surface area (Å²) >= 11 is 0. The van der Waals surface area contributed by atoms with Crippen LogP contribution in [0.3, 0.4) is 0 Å². The van der Waals surface area contributed by atoms with Crippen molar-refractivity contribution >= 4 is 39.3 Å². The van der Waals surface area contributed by atoms with Gasteiger partial charge in [-0.2, -0.15) is 4.31 Å². The topological polar surface area (TPSA) is 169 Å². The summed E-state index contributed by atoms with van der Waals surface area (Å²) in [4.78, 5) is 37.2. The lowest BCUT2D eigenvalue weighted by molar-refractivity contribution is -0.142. The summed E-state index contributed by atoms with van der Waals surface area (Å²) in [6, 6.07) is 12.3. The third-order valence-electron chi connectivity index (χ3n) is 6.37. The minimum atomic E-state index is -3.90. The van der Waals surface area contributed by atoms with E-state index in [-0.39, 0.29) is 23.8 Å². The van der Waals surface area contributed by atoms with E-state index in [9.17, 15) is 27.9 Å². The van der Waals surface area contributed by atoms with E-state index >= 15 is 0 Å². The molecule has 2 atom stereocenters. The van der Waals surface area contributed by atoms with E-state index in [0.29, 0.717) is 49.3 Å². The molecule has 0 bridgehead atoms. The maximum Gasteiger partial charge on any atom is 0.326 e. The van der Waals surface area contributed by atoms with Gasteiger partial charge in [0.05, 0.1) is 10.7 Å². The van der Waals surface area contributed by atoms with Gasteiger partial charge in [-0.25, -0.2) is 13.2 Å². The fourth-order valence-electron chi connectivity index (χ4n) is 4.36. The van der Waals surface area contributed by atoms with E-state index in [4.69, 9.17) is 5.41 Å². The molecule has 210 valence electrons. The van der Waals surface area contributed by atoms with Crippen molar-refractivity contribution in [1.29, 1.82) is 5.41 Å². The zero-order valence-electron chi connectivity index (χ0n) is 21.9. The summed E-state index contributed by atoms with van der Waals surface area (Å²) in [5, 5.41) is 25.3. The number of nitrogens with zero attached hydrogens (tertiary/aromatic N) is 1.